The normalized spacial score (nSPS) is 16.4. The minimum Gasteiger partial charge on any atom is -0.507 e. The summed E-state index contributed by atoms with van der Waals surface area (Å²) in [6.07, 6.45) is -4.90. The third-order valence-electron chi connectivity index (χ3n) is 4.14. The highest BCUT2D eigenvalue weighted by Gasteiger charge is 2.39. The molecule has 0 aliphatic carbocycles. The van der Waals surface area contributed by atoms with Gasteiger partial charge in [-0.2, -0.15) is 17.5 Å². The Kier molecular flexibility index (Phi) is 5.40. The standard InChI is InChI=1S/C17H15ClF3NO4S/c18-12-2-3-15(23)13(10-12)11-1-4-16(14(9-11)17(19,20)21)27(24,25)22-5-7-26-8-6-22/h1-4,9-10,23H,5-8H2. The van der Waals surface area contributed by atoms with Crippen LogP contribution in [0.25, 0.3) is 11.1 Å². The molecule has 0 radical (unpaired) electrons. The summed E-state index contributed by atoms with van der Waals surface area (Å²) < 4.78 is 72.4. The number of halogens is 4. The molecule has 27 heavy (non-hydrogen) atoms. The monoisotopic (exact) mass is 421 g/mol. The second kappa shape index (κ2) is 7.31. The maximum atomic E-state index is 13.6. The first-order valence-corrected chi connectivity index (χ1v) is 9.70. The fourth-order valence-corrected chi connectivity index (χ4v) is 4.58. The van der Waals surface area contributed by atoms with Crippen molar-refractivity contribution in [2.24, 2.45) is 0 Å². The quantitative estimate of drug-likeness (QED) is 0.819. The molecule has 10 heteroatoms. The molecular weight excluding hydrogens is 407 g/mol. The van der Waals surface area contributed by atoms with E-state index in [1.165, 1.54) is 24.3 Å². The Morgan fingerprint density at radius 1 is 1.07 bits per heavy atom. The molecule has 1 N–H and O–H groups in total. The van der Waals surface area contributed by atoms with Crippen molar-refractivity contribution in [2.45, 2.75) is 11.1 Å². The Bertz CT molecular complexity index is 957. The summed E-state index contributed by atoms with van der Waals surface area (Å²) in [6.45, 7) is 0.205. The molecule has 1 heterocycles. The Hall–Kier alpha value is -1.81. The molecule has 0 unspecified atom stereocenters. The lowest BCUT2D eigenvalue weighted by atomic mass is 10.0. The van der Waals surface area contributed by atoms with Gasteiger partial charge in [0.25, 0.3) is 0 Å². The van der Waals surface area contributed by atoms with E-state index in [0.29, 0.717) is 6.07 Å². The molecule has 0 atom stereocenters. The Morgan fingerprint density at radius 2 is 1.74 bits per heavy atom. The number of morpholine rings is 1. The van der Waals surface area contributed by atoms with Gasteiger partial charge in [-0.05, 0) is 35.9 Å². The molecule has 1 aliphatic rings. The molecule has 0 bridgehead atoms. The minimum atomic E-state index is -4.90. The molecule has 2 aromatic rings. The van der Waals surface area contributed by atoms with E-state index in [9.17, 15) is 26.7 Å². The van der Waals surface area contributed by atoms with Crippen LogP contribution >= 0.6 is 11.6 Å². The summed E-state index contributed by atoms with van der Waals surface area (Å²) >= 11 is 5.85. The van der Waals surface area contributed by atoms with Crippen molar-refractivity contribution in [2.75, 3.05) is 26.3 Å². The predicted molar refractivity (Wildman–Crippen MR) is 93.1 cm³/mol. The lowest BCUT2D eigenvalue weighted by molar-refractivity contribution is -0.139. The third-order valence-corrected chi connectivity index (χ3v) is 6.33. The summed E-state index contributed by atoms with van der Waals surface area (Å²) in [5.74, 6) is -0.267. The van der Waals surface area contributed by atoms with E-state index < -0.39 is 26.7 Å². The first-order chi connectivity index (χ1) is 12.6. The lowest BCUT2D eigenvalue weighted by Crippen LogP contribution is -2.41. The number of phenolic OH excluding ortho intramolecular Hbond substituents is 1. The fourth-order valence-electron chi connectivity index (χ4n) is 2.81. The molecule has 0 saturated carbocycles. The fraction of sp³-hybridized carbons (Fsp3) is 0.294. The number of nitrogens with zero attached hydrogens (tertiary/aromatic N) is 1. The zero-order valence-electron chi connectivity index (χ0n) is 13.8. The van der Waals surface area contributed by atoms with Gasteiger partial charge in [-0.3, -0.25) is 0 Å². The first-order valence-electron chi connectivity index (χ1n) is 7.89. The van der Waals surface area contributed by atoms with Gasteiger partial charge in [0.2, 0.25) is 10.0 Å². The van der Waals surface area contributed by atoms with Crippen LogP contribution < -0.4 is 0 Å². The summed E-state index contributed by atoms with van der Waals surface area (Å²) in [7, 11) is -4.35. The summed E-state index contributed by atoms with van der Waals surface area (Å²) in [5, 5.41) is 10.2. The van der Waals surface area contributed by atoms with Crippen LogP contribution in [0.1, 0.15) is 5.56 Å². The SMILES string of the molecule is O=S(=O)(c1ccc(-c2cc(Cl)ccc2O)cc1C(F)(F)F)N1CCOCC1. The summed E-state index contributed by atoms with van der Waals surface area (Å²) in [5.41, 5.74) is -1.22. The number of phenols is 1. The van der Waals surface area contributed by atoms with Gasteiger partial charge < -0.3 is 9.84 Å². The van der Waals surface area contributed by atoms with E-state index in [1.807, 2.05) is 0 Å². The van der Waals surface area contributed by atoms with Gasteiger partial charge in [-0.1, -0.05) is 17.7 Å². The van der Waals surface area contributed by atoms with Crippen LogP contribution in [0.15, 0.2) is 41.3 Å². The molecule has 2 aromatic carbocycles. The van der Waals surface area contributed by atoms with Gasteiger partial charge in [0.05, 0.1) is 23.7 Å². The number of rotatable bonds is 3. The van der Waals surface area contributed by atoms with Crippen LogP contribution in [0.3, 0.4) is 0 Å². The predicted octanol–water partition coefficient (Wildman–Crippen LogP) is 3.75. The number of hydrogen-bond acceptors (Lipinski definition) is 4. The third kappa shape index (κ3) is 4.06. The highest BCUT2D eigenvalue weighted by atomic mass is 35.5. The van der Waals surface area contributed by atoms with Gasteiger partial charge in [-0.15, -0.1) is 0 Å². The highest BCUT2D eigenvalue weighted by Crippen LogP contribution is 2.40. The van der Waals surface area contributed by atoms with E-state index in [0.717, 1.165) is 10.4 Å². The van der Waals surface area contributed by atoms with Gasteiger partial charge >= 0.3 is 6.18 Å². The zero-order chi connectivity index (χ0) is 19.8. The van der Waals surface area contributed by atoms with Crippen molar-refractivity contribution in [3.05, 3.63) is 47.0 Å². The van der Waals surface area contributed by atoms with Crippen LogP contribution in [0, 0.1) is 0 Å². The minimum absolute atomic E-state index is 0.00301. The van der Waals surface area contributed by atoms with Crippen molar-refractivity contribution in [3.63, 3.8) is 0 Å². The van der Waals surface area contributed by atoms with Crippen molar-refractivity contribution >= 4 is 21.6 Å². The van der Waals surface area contributed by atoms with E-state index in [2.05, 4.69) is 0 Å². The molecule has 146 valence electrons. The molecular formula is C17H15ClF3NO4S. The molecule has 0 aromatic heterocycles. The maximum Gasteiger partial charge on any atom is 0.417 e. The number of hydrogen-bond donors (Lipinski definition) is 1. The molecule has 0 amide bonds. The highest BCUT2D eigenvalue weighted by molar-refractivity contribution is 7.89. The second-order valence-electron chi connectivity index (χ2n) is 5.89. The van der Waals surface area contributed by atoms with Gasteiger partial charge in [-0.25, -0.2) is 8.42 Å². The molecule has 1 saturated heterocycles. The number of ether oxygens (including phenoxy) is 1. The van der Waals surface area contributed by atoms with Gasteiger partial charge in [0.1, 0.15) is 5.75 Å². The number of alkyl halides is 3. The topological polar surface area (TPSA) is 66.8 Å². The largest absolute Gasteiger partial charge is 0.507 e. The van der Waals surface area contributed by atoms with Crippen molar-refractivity contribution in [1.82, 2.24) is 4.31 Å². The van der Waals surface area contributed by atoms with Crippen LogP contribution in [0.5, 0.6) is 5.75 Å². The zero-order valence-corrected chi connectivity index (χ0v) is 15.4. The Morgan fingerprint density at radius 3 is 2.37 bits per heavy atom. The van der Waals surface area contributed by atoms with Crippen LogP contribution in [0.2, 0.25) is 5.02 Å². The van der Waals surface area contributed by atoms with E-state index in [1.54, 1.807) is 0 Å². The molecule has 1 aliphatic heterocycles. The van der Waals surface area contributed by atoms with E-state index in [4.69, 9.17) is 16.3 Å². The lowest BCUT2D eigenvalue weighted by Gasteiger charge is -2.27. The van der Waals surface area contributed by atoms with Gasteiger partial charge in [0.15, 0.2) is 0 Å². The van der Waals surface area contributed by atoms with Crippen molar-refractivity contribution < 1.29 is 31.4 Å². The molecule has 3 rings (SSSR count). The second-order valence-corrected chi connectivity index (χ2v) is 8.23. The maximum absolute atomic E-state index is 13.6. The Labute approximate surface area is 159 Å². The summed E-state index contributed by atoms with van der Waals surface area (Å²) in [6, 6.07) is 6.78. The number of sulfonamides is 1. The van der Waals surface area contributed by atoms with Crippen LogP contribution in [-0.4, -0.2) is 44.1 Å². The molecule has 5 nitrogen and oxygen atoms in total. The molecule has 0 spiro atoms. The first kappa shape index (κ1) is 19.9. The van der Waals surface area contributed by atoms with E-state index in [-0.39, 0.29) is 48.2 Å². The summed E-state index contributed by atoms with van der Waals surface area (Å²) in [4.78, 5) is -0.831. The van der Waals surface area contributed by atoms with Gasteiger partial charge in [0, 0.05) is 23.7 Å². The average molecular weight is 422 g/mol. The Balaban J connectivity index is 2.15. The van der Waals surface area contributed by atoms with Crippen molar-refractivity contribution in [1.29, 1.82) is 0 Å². The number of aromatic hydroxyl groups is 1. The average Bonchev–Trinajstić information content (AvgIpc) is 2.63. The molecule has 1 fully saturated rings. The van der Waals surface area contributed by atoms with E-state index >= 15 is 0 Å². The smallest absolute Gasteiger partial charge is 0.417 e. The van der Waals surface area contributed by atoms with Crippen LogP contribution in [-0.2, 0) is 20.9 Å². The van der Waals surface area contributed by atoms with Crippen LogP contribution in [0.4, 0.5) is 13.2 Å². The van der Waals surface area contributed by atoms with Crippen molar-refractivity contribution in [3.8, 4) is 16.9 Å². The number of benzene rings is 2.